The van der Waals surface area contributed by atoms with Crippen LogP contribution in [-0.4, -0.2) is 27.9 Å². The van der Waals surface area contributed by atoms with Gasteiger partial charge in [0.15, 0.2) is 0 Å². The van der Waals surface area contributed by atoms with E-state index in [1.807, 2.05) is 6.33 Å². The summed E-state index contributed by atoms with van der Waals surface area (Å²) in [5.74, 6) is 1.81. The molecule has 4 heteroatoms. The normalized spacial score (nSPS) is 27.2. The van der Waals surface area contributed by atoms with Gasteiger partial charge in [-0.1, -0.05) is 13.3 Å². The van der Waals surface area contributed by atoms with E-state index >= 15 is 0 Å². The molecule has 2 aliphatic rings. The van der Waals surface area contributed by atoms with Crippen molar-refractivity contribution in [2.24, 2.45) is 5.41 Å². The van der Waals surface area contributed by atoms with E-state index in [2.05, 4.69) is 27.0 Å². The second kappa shape index (κ2) is 3.84. The predicted octanol–water partition coefficient (Wildman–Crippen LogP) is 1.55. The second-order valence-corrected chi connectivity index (χ2v) is 5.28. The fourth-order valence-corrected chi connectivity index (χ4v) is 3.27. The standard InChI is InChI=1S/C12H20N4/c1-2-6-16-9-14-15-11(16)10-7-13-8-12(10)4-3-5-12/h9-10,13H,2-8H2,1H3. The number of nitrogens with one attached hydrogen (secondary N) is 1. The lowest BCUT2D eigenvalue weighted by Gasteiger charge is -2.42. The summed E-state index contributed by atoms with van der Waals surface area (Å²) < 4.78 is 2.25. The van der Waals surface area contributed by atoms with Crippen LogP contribution in [0, 0.1) is 5.41 Å². The highest BCUT2D eigenvalue weighted by Gasteiger charge is 2.49. The van der Waals surface area contributed by atoms with Crippen molar-refractivity contribution < 1.29 is 0 Å². The van der Waals surface area contributed by atoms with Crippen LogP contribution < -0.4 is 5.32 Å². The Balaban J connectivity index is 1.87. The molecule has 2 fully saturated rings. The van der Waals surface area contributed by atoms with Gasteiger partial charge < -0.3 is 9.88 Å². The molecule has 0 amide bonds. The van der Waals surface area contributed by atoms with Crippen molar-refractivity contribution >= 4 is 0 Å². The summed E-state index contributed by atoms with van der Waals surface area (Å²) in [7, 11) is 0. The Bertz CT molecular complexity index is 367. The minimum absolute atomic E-state index is 0.512. The van der Waals surface area contributed by atoms with Crippen LogP contribution >= 0.6 is 0 Å². The van der Waals surface area contributed by atoms with Gasteiger partial charge >= 0.3 is 0 Å². The first-order valence-corrected chi connectivity index (χ1v) is 6.44. The van der Waals surface area contributed by atoms with Crippen LogP contribution in [0.2, 0.25) is 0 Å². The third-order valence-electron chi connectivity index (χ3n) is 4.34. The van der Waals surface area contributed by atoms with E-state index < -0.39 is 0 Å². The number of hydrogen-bond acceptors (Lipinski definition) is 3. The molecule has 16 heavy (non-hydrogen) atoms. The molecule has 3 rings (SSSR count). The third-order valence-corrected chi connectivity index (χ3v) is 4.34. The molecule has 1 saturated carbocycles. The second-order valence-electron chi connectivity index (χ2n) is 5.28. The zero-order valence-corrected chi connectivity index (χ0v) is 9.95. The maximum atomic E-state index is 4.37. The van der Waals surface area contributed by atoms with Crippen molar-refractivity contribution in [1.82, 2.24) is 20.1 Å². The minimum atomic E-state index is 0.512. The highest BCUT2D eigenvalue weighted by atomic mass is 15.3. The van der Waals surface area contributed by atoms with E-state index in [0.717, 1.165) is 19.5 Å². The van der Waals surface area contributed by atoms with Gasteiger partial charge in [0.05, 0.1) is 0 Å². The van der Waals surface area contributed by atoms with Crippen molar-refractivity contribution in [2.75, 3.05) is 13.1 Å². The monoisotopic (exact) mass is 220 g/mol. The number of hydrogen-bond donors (Lipinski definition) is 1. The van der Waals surface area contributed by atoms with Gasteiger partial charge in [-0.2, -0.15) is 0 Å². The number of rotatable bonds is 3. The lowest BCUT2D eigenvalue weighted by Crippen LogP contribution is -2.37. The van der Waals surface area contributed by atoms with Crippen LogP contribution in [0.3, 0.4) is 0 Å². The van der Waals surface area contributed by atoms with Crippen molar-refractivity contribution in [3.8, 4) is 0 Å². The summed E-state index contributed by atoms with van der Waals surface area (Å²) in [5, 5.41) is 12.0. The molecule has 1 aliphatic heterocycles. The van der Waals surface area contributed by atoms with Crippen LogP contribution in [0.5, 0.6) is 0 Å². The average Bonchev–Trinajstić information content (AvgIpc) is 2.80. The van der Waals surface area contributed by atoms with E-state index in [0.29, 0.717) is 11.3 Å². The molecule has 1 atom stereocenters. The summed E-state index contributed by atoms with van der Waals surface area (Å²) >= 11 is 0. The molecule has 1 spiro atoms. The molecule has 4 nitrogen and oxygen atoms in total. The van der Waals surface area contributed by atoms with E-state index in [4.69, 9.17) is 0 Å². The number of aryl methyl sites for hydroxylation is 1. The van der Waals surface area contributed by atoms with E-state index in [9.17, 15) is 0 Å². The molecule has 0 aromatic carbocycles. The topological polar surface area (TPSA) is 42.7 Å². The van der Waals surface area contributed by atoms with E-state index in [1.165, 1.54) is 31.6 Å². The van der Waals surface area contributed by atoms with Crippen LogP contribution in [0.4, 0.5) is 0 Å². The summed E-state index contributed by atoms with van der Waals surface area (Å²) in [6.45, 7) is 5.52. The van der Waals surface area contributed by atoms with Crippen LogP contribution in [0.15, 0.2) is 6.33 Å². The van der Waals surface area contributed by atoms with Gasteiger partial charge in [-0.25, -0.2) is 0 Å². The summed E-state index contributed by atoms with van der Waals surface area (Å²) in [6, 6.07) is 0. The van der Waals surface area contributed by atoms with Gasteiger partial charge in [0, 0.05) is 25.6 Å². The van der Waals surface area contributed by atoms with Gasteiger partial charge in [-0.05, 0) is 24.7 Å². The molecule has 88 valence electrons. The zero-order valence-electron chi connectivity index (χ0n) is 9.95. The Kier molecular flexibility index (Phi) is 2.46. The Morgan fingerprint density at radius 2 is 2.44 bits per heavy atom. The van der Waals surface area contributed by atoms with Crippen molar-refractivity contribution in [2.45, 2.75) is 45.1 Å². The first-order valence-electron chi connectivity index (χ1n) is 6.44. The summed E-state index contributed by atoms with van der Waals surface area (Å²) in [4.78, 5) is 0. The Labute approximate surface area is 96.4 Å². The van der Waals surface area contributed by atoms with Crippen LogP contribution in [0.1, 0.15) is 44.3 Å². The van der Waals surface area contributed by atoms with Crippen molar-refractivity contribution in [3.63, 3.8) is 0 Å². The Hall–Kier alpha value is -0.900. The predicted molar refractivity (Wildman–Crippen MR) is 62.2 cm³/mol. The molecule has 1 aromatic heterocycles. The highest BCUT2D eigenvalue weighted by Crippen LogP contribution is 2.52. The molecule has 0 radical (unpaired) electrons. The number of aromatic nitrogens is 3. The van der Waals surface area contributed by atoms with Gasteiger partial charge in [0.2, 0.25) is 0 Å². The van der Waals surface area contributed by atoms with Gasteiger partial charge in [-0.3, -0.25) is 0 Å². The minimum Gasteiger partial charge on any atom is -0.317 e. The maximum Gasteiger partial charge on any atom is 0.137 e. The van der Waals surface area contributed by atoms with Gasteiger partial charge in [-0.15, -0.1) is 10.2 Å². The fraction of sp³-hybridized carbons (Fsp3) is 0.833. The lowest BCUT2D eigenvalue weighted by molar-refractivity contribution is 0.131. The SMILES string of the molecule is CCCn1cnnc1C1CNCC12CCC2. The quantitative estimate of drug-likeness (QED) is 0.840. The molecule has 2 heterocycles. The lowest BCUT2D eigenvalue weighted by atomic mass is 9.62. The average molecular weight is 220 g/mol. The molecule has 1 aliphatic carbocycles. The molecule has 0 bridgehead atoms. The smallest absolute Gasteiger partial charge is 0.137 e. The zero-order chi connectivity index (χ0) is 11.0. The molecular formula is C12H20N4. The Morgan fingerprint density at radius 3 is 3.12 bits per heavy atom. The van der Waals surface area contributed by atoms with E-state index in [-0.39, 0.29) is 0 Å². The van der Waals surface area contributed by atoms with Crippen LogP contribution in [0.25, 0.3) is 0 Å². The molecule has 1 N–H and O–H groups in total. The molecule has 1 saturated heterocycles. The first kappa shape index (κ1) is 10.3. The largest absolute Gasteiger partial charge is 0.317 e. The van der Waals surface area contributed by atoms with Gasteiger partial charge in [0.1, 0.15) is 12.2 Å². The first-order chi connectivity index (χ1) is 7.86. The Morgan fingerprint density at radius 1 is 1.56 bits per heavy atom. The molecule has 1 unspecified atom stereocenters. The summed E-state index contributed by atoms with van der Waals surface area (Å²) in [6.07, 6.45) is 7.16. The van der Waals surface area contributed by atoms with Crippen LogP contribution in [-0.2, 0) is 6.54 Å². The fourth-order valence-electron chi connectivity index (χ4n) is 3.27. The van der Waals surface area contributed by atoms with Gasteiger partial charge in [0.25, 0.3) is 0 Å². The molecule has 1 aromatic rings. The van der Waals surface area contributed by atoms with Crippen molar-refractivity contribution in [3.05, 3.63) is 12.2 Å². The maximum absolute atomic E-state index is 4.37. The summed E-state index contributed by atoms with van der Waals surface area (Å²) in [5.41, 5.74) is 0.512. The van der Waals surface area contributed by atoms with Crippen molar-refractivity contribution in [1.29, 1.82) is 0 Å². The molecular weight excluding hydrogens is 200 g/mol. The third kappa shape index (κ3) is 1.39. The number of nitrogens with zero attached hydrogens (tertiary/aromatic N) is 3. The van der Waals surface area contributed by atoms with E-state index in [1.54, 1.807) is 0 Å². The highest BCUT2D eigenvalue weighted by molar-refractivity contribution is 5.14.